The minimum absolute atomic E-state index is 0.528. The standard InChI is InChI=1S/C15H22BrNO/c1-12-6-7-13(10-15(12)16)11-17-8-9-18-14-4-2-3-5-14/h6-7,10,14,17H,2-5,8-9,11H2,1H3. The summed E-state index contributed by atoms with van der Waals surface area (Å²) >= 11 is 3.56. The van der Waals surface area contributed by atoms with Gasteiger partial charge in [-0.1, -0.05) is 40.9 Å². The first-order valence-electron chi connectivity index (χ1n) is 6.83. The zero-order chi connectivity index (χ0) is 12.8. The van der Waals surface area contributed by atoms with E-state index in [9.17, 15) is 0 Å². The number of aryl methyl sites for hydroxylation is 1. The van der Waals surface area contributed by atoms with Gasteiger partial charge < -0.3 is 10.1 Å². The number of benzene rings is 1. The lowest BCUT2D eigenvalue weighted by Gasteiger charge is -2.11. The SMILES string of the molecule is Cc1ccc(CNCCOC2CCCC2)cc1Br. The van der Waals surface area contributed by atoms with Gasteiger partial charge in [-0.2, -0.15) is 0 Å². The fourth-order valence-corrected chi connectivity index (χ4v) is 2.76. The second-order valence-electron chi connectivity index (χ2n) is 5.04. The monoisotopic (exact) mass is 311 g/mol. The van der Waals surface area contributed by atoms with E-state index in [2.05, 4.69) is 46.4 Å². The van der Waals surface area contributed by atoms with E-state index in [-0.39, 0.29) is 0 Å². The average molecular weight is 312 g/mol. The molecule has 0 aromatic heterocycles. The van der Waals surface area contributed by atoms with Crippen molar-refractivity contribution in [2.75, 3.05) is 13.2 Å². The van der Waals surface area contributed by atoms with Gasteiger partial charge in [0.15, 0.2) is 0 Å². The minimum atomic E-state index is 0.528. The van der Waals surface area contributed by atoms with Crippen molar-refractivity contribution in [1.29, 1.82) is 0 Å². The Balaban J connectivity index is 1.61. The summed E-state index contributed by atoms with van der Waals surface area (Å²) in [6.45, 7) is 4.78. The van der Waals surface area contributed by atoms with Gasteiger partial charge >= 0.3 is 0 Å². The van der Waals surface area contributed by atoms with E-state index >= 15 is 0 Å². The predicted molar refractivity (Wildman–Crippen MR) is 78.8 cm³/mol. The molecular formula is C15H22BrNO. The molecule has 2 rings (SSSR count). The smallest absolute Gasteiger partial charge is 0.0594 e. The first-order chi connectivity index (χ1) is 8.75. The summed E-state index contributed by atoms with van der Waals surface area (Å²) in [5.74, 6) is 0. The van der Waals surface area contributed by atoms with Crippen LogP contribution < -0.4 is 5.32 Å². The summed E-state index contributed by atoms with van der Waals surface area (Å²) in [5.41, 5.74) is 2.59. The van der Waals surface area contributed by atoms with Crippen LogP contribution in [0.1, 0.15) is 36.8 Å². The molecule has 3 heteroatoms. The van der Waals surface area contributed by atoms with Crippen LogP contribution in [-0.2, 0) is 11.3 Å². The van der Waals surface area contributed by atoms with E-state index in [0.29, 0.717) is 6.10 Å². The van der Waals surface area contributed by atoms with Gasteiger partial charge in [0.25, 0.3) is 0 Å². The third-order valence-electron chi connectivity index (χ3n) is 3.50. The molecule has 0 radical (unpaired) electrons. The van der Waals surface area contributed by atoms with E-state index in [0.717, 1.165) is 19.7 Å². The highest BCUT2D eigenvalue weighted by Gasteiger charge is 2.14. The third-order valence-corrected chi connectivity index (χ3v) is 4.35. The van der Waals surface area contributed by atoms with Crippen LogP contribution in [0.2, 0.25) is 0 Å². The molecule has 0 atom stereocenters. The van der Waals surface area contributed by atoms with E-state index in [1.807, 2.05) is 0 Å². The Morgan fingerprint density at radius 1 is 1.33 bits per heavy atom. The number of ether oxygens (including phenoxy) is 1. The van der Waals surface area contributed by atoms with Crippen LogP contribution >= 0.6 is 15.9 Å². The fraction of sp³-hybridized carbons (Fsp3) is 0.600. The van der Waals surface area contributed by atoms with E-state index in [4.69, 9.17) is 4.74 Å². The third kappa shape index (κ3) is 4.38. The minimum Gasteiger partial charge on any atom is -0.377 e. The summed E-state index contributed by atoms with van der Waals surface area (Å²) < 4.78 is 7.00. The fourth-order valence-electron chi connectivity index (χ4n) is 2.33. The van der Waals surface area contributed by atoms with Crippen LogP contribution in [0.5, 0.6) is 0 Å². The molecule has 0 aliphatic heterocycles. The maximum absolute atomic E-state index is 5.81. The maximum atomic E-state index is 5.81. The van der Waals surface area contributed by atoms with E-state index in [1.54, 1.807) is 0 Å². The Kier molecular flexibility index (Phi) is 5.67. The lowest BCUT2D eigenvalue weighted by molar-refractivity contribution is 0.0603. The van der Waals surface area contributed by atoms with Crippen LogP contribution in [0.4, 0.5) is 0 Å². The Labute approximate surface area is 118 Å². The van der Waals surface area contributed by atoms with Crippen LogP contribution in [-0.4, -0.2) is 19.3 Å². The Morgan fingerprint density at radius 3 is 2.83 bits per heavy atom. The zero-order valence-corrected chi connectivity index (χ0v) is 12.6. The predicted octanol–water partition coefficient (Wildman–Crippen LogP) is 3.81. The number of rotatable bonds is 6. The second-order valence-corrected chi connectivity index (χ2v) is 5.89. The molecule has 1 saturated carbocycles. The molecule has 0 bridgehead atoms. The molecule has 0 unspecified atom stereocenters. The molecule has 0 spiro atoms. The van der Waals surface area contributed by atoms with E-state index < -0.39 is 0 Å². The molecule has 1 aromatic carbocycles. The topological polar surface area (TPSA) is 21.3 Å². The van der Waals surface area contributed by atoms with Gasteiger partial charge in [0.05, 0.1) is 12.7 Å². The largest absolute Gasteiger partial charge is 0.377 e. The van der Waals surface area contributed by atoms with Crippen molar-refractivity contribution in [3.8, 4) is 0 Å². The normalized spacial score (nSPS) is 16.3. The molecule has 0 saturated heterocycles. The average Bonchev–Trinajstić information content (AvgIpc) is 2.86. The van der Waals surface area contributed by atoms with Crippen LogP contribution in [0, 0.1) is 6.92 Å². The number of hydrogen-bond acceptors (Lipinski definition) is 2. The van der Waals surface area contributed by atoms with Gasteiger partial charge in [-0.25, -0.2) is 0 Å². The molecule has 18 heavy (non-hydrogen) atoms. The summed E-state index contributed by atoms with van der Waals surface area (Å²) in [6.07, 6.45) is 5.72. The number of nitrogens with one attached hydrogen (secondary N) is 1. The van der Waals surface area contributed by atoms with E-state index in [1.165, 1.54) is 41.3 Å². The molecule has 1 aromatic rings. The molecular weight excluding hydrogens is 290 g/mol. The van der Waals surface area contributed by atoms with Crippen LogP contribution in [0.15, 0.2) is 22.7 Å². The Bertz CT molecular complexity index is 375. The molecule has 1 aliphatic carbocycles. The highest BCUT2D eigenvalue weighted by Crippen LogP contribution is 2.20. The Morgan fingerprint density at radius 2 is 2.11 bits per heavy atom. The van der Waals surface area contributed by atoms with Crippen molar-refractivity contribution < 1.29 is 4.74 Å². The highest BCUT2D eigenvalue weighted by molar-refractivity contribution is 9.10. The van der Waals surface area contributed by atoms with Gasteiger partial charge in [-0.05, 0) is 37.0 Å². The summed E-state index contributed by atoms with van der Waals surface area (Å²) in [7, 11) is 0. The summed E-state index contributed by atoms with van der Waals surface area (Å²) in [4.78, 5) is 0. The summed E-state index contributed by atoms with van der Waals surface area (Å²) in [5, 5.41) is 3.43. The second kappa shape index (κ2) is 7.27. The van der Waals surface area contributed by atoms with Gasteiger partial charge in [-0.15, -0.1) is 0 Å². The van der Waals surface area contributed by atoms with Gasteiger partial charge in [0.1, 0.15) is 0 Å². The lowest BCUT2D eigenvalue weighted by Crippen LogP contribution is -2.21. The van der Waals surface area contributed by atoms with Crippen molar-refractivity contribution in [3.63, 3.8) is 0 Å². The quantitative estimate of drug-likeness (QED) is 0.807. The molecule has 100 valence electrons. The van der Waals surface area contributed by atoms with Crippen molar-refractivity contribution in [3.05, 3.63) is 33.8 Å². The van der Waals surface area contributed by atoms with Gasteiger partial charge in [0, 0.05) is 17.6 Å². The van der Waals surface area contributed by atoms with Crippen molar-refractivity contribution in [1.82, 2.24) is 5.32 Å². The van der Waals surface area contributed by atoms with Gasteiger partial charge in [0.2, 0.25) is 0 Å². The zero-order valence-electron chi connectivity index (χ0n) is 11.0. The van der Waals surface area contributed by atoms with Crippen LogP contribution in [0.25, 0.3) is 0 Å². The Hall–Kier alpha value is -0.380. The summed E-state index contributed by atoms with van der Waals surface area (Å²) in [6, 6.07) is 6.50. The first kappa shape index (κ1) is 14.0. The first-order valence-corrected chi connectivity index (χ1v) is 7.62. The number of hydrogen-bond donors (Lipinski definition) is 1. The van der Waals surface area contributed by atoms with Crippen molar-refractivity contribution >= 4 is 15.9 Å². The molecule has 0 amide bonds. The molecule has 1 aliphatic rings. The lowest BCUT2D eigenvalue weighted by atomic mass is 10.1. The number of halogens is 1. The molecule has 2 nitrogen and oxygen atoms in total. The van der Waals surface area contributed by atoms with Crippen molar-refractivity contribution in [2.45, 2.75) is 45.3 Å². The van der Waals surface area contributed by atoms with Crippen LogP contribution in [0.3, 0.4) is 0 Å². The van der Waals surface area contributed by atoms with Gasteiger partial charge in [-0.3, -0.25) is 0 Å². The molecule has 1 N–H and O–H groups in total. The maximum Gasteiger partial charge on any atom is 0.0594 e. The molecule has 1 fully saturated rings. The molecule has 0 heterocycles. The van der Waals surface area contributed by atoms with Crippen molar-refractivity contribution in [2.24, 2.45) is 0 Å². The highest BCUT2D eigenvalue weighted by atomic mass is 79.9.